The first kappa shape index (κ1) is 16.0. The van der Waals surface area contributed by atoms with E-state index in [4.69, 9.17) is 0 Å². The summed E-state index contributed by atoms with van der Waals surface area (Å²) in [6.07, 6.45) is 11.6. The zero-order valence-corrected chi connectivity index (χ0v) is 12.1. The fourth-order valence-electron chi connectivity index (χ4n) is 2.82. The third-order valence-electron chi connectivity index (χ3n) is 4.01. The highest BCUT2D eigenvalue weighted by molar-refractivity contribution is 5.73. The first-order chi connectivity index (χ1) is 9.22. The highest BCUT2D eigenvalue weighted by atomic mass is 16.3. The monoisotopic (exact) mass is 268 g/mol. The number of nitrogens with one attached hydrogen (secondary N) is 2. The van der Waals surface area contributed by atoms with E-state index in [2.05, 4.69) is 10.6 Å². The fraction of sp³-hybridized carbons (Fsp3) is 0.800. The maximum atomic E-state index is 11.7. The van der Waals surface area contributed by atoms with Crippen molar-refractivity contribution in [3.63, 3.8) is 0 Å². The average molecular weight is 268 g/mol. The second-order valence-electron chi connectivity index (χ2n) is 5.50. The van der Waals surface area contributed by atoms with Gasteiger partial charge in [0.15, 0.2) is 0 Å². The standard InChI is InChI=1S/C15H28N2O2/c1-2-3-7-11-16-14(19)17-13-15(10-12-18)8-5-4-6-9-15/h2-3,18H,4-13H2,1H3,(H2,16,17,19)/b3-2+. The van der Waals surface area contributed by atoms with Crippen LogP contribution in [0.4, 0.5) is 4.79 Å². The number of amides is 2. The predicted octanol–water partition coefficient (Wildman–Crippen LogP) is 2.58. The molecule has 1 rings (SSSR count). The lowest BCUT2D eigenvalue weighted by atomic mass is 9.72. The van der Waals surface area contributed by atoms with Crippen molar-refractivity contribution in [1.82, 2.24) is 10.6 Å². The Morgan fingerprint density at radius 1 is 1.26 bits per heavy atom. The second kappa shape index (κ2) is 8.97. The Hall–Kier alpha value is -1.03. The highest BCUT2D eigenvalue weighted by Crippen LogP contribution is 2.38. The van der Waals surface area contributed by atoms with Crippen LogP contribution in [-0.4, -0.2) is 30.8 Å². The van der Waals surface area contributed by atoms with Crippen LogP contribution >= 0.6 is 0 Å². The van der Waals surface area contributed by atoms with Gasteiger partial charge in [-0.2, -0.15) is 0 Å². The Bertz CT molecular complexity index is 278. The number of urea groups is 1. The van der Waals surface area contributed by atoms with Gasteiger partial charge in [0.05, 0.1) is 0 Å². The minimum atomic E-state index is -0.0904. The molecule has 0 bridgehead atoms. The van der Waals surface area contributed by atoms with Crippen LogP contribution in [-0.2, 0) is 0 Å². The van der Waals surface area contributed by atoms with Crippen LogP contribution in [0.1, 0.15) is 51.9 Å². The normalized spacial score (nSPS) is 18.4. The number of carbonyl (C=O) groups is 1. The molecule has 0 aromatic heterocycles. The molecule has 0 saturated heterocycles. The van der Waals surface area contributed by atoms with Crippen molar-refractivity contribution in [3.05, 3.63) is 12.2 Å². The van der Waals surface area contributed by atoms with Crippen molar-refractivity contribution >= 4 is 6.03 Å². The molecule has 0 radical (unpaired) electrons. The van der Waals surface area contributed by atoms with Crippen molar-refractivity contribution in [2.45, 2.75) is 51.9 Å². The largest absolute Gasteiger partial charge is 0.396 e. The Labute approximate surface area is 116 Å². The van der Waals surface area contributed by atoms with Crippen LogP contribution in [0.5, 0.6) is 0 Å². The van der Waals surface area contributed by atoms with Gasteiger partial charge in [-0.3, -0.25) is 0 Å². The maximum absolute atomic E-state index is 11.7. The smallest absolute Gasteiger partial charge is 0.314 e. The van der Waals surface area contributed by atoms with E-state index >= 15 is 0 Å². The molecule has 0 spiro atoms. The van der Waals surface area contributed by atoms with Crippen LogP contribution in [0, 0.1) is 5.41 Å². The first-order valence-electron chi connectivity index (χ1n) is 7.46. The molecular weight excluding hydrogens is 240 g/mol. The zero-order chi connectivity index (χ0) is 14.0. The van der Waals surface area contributed by atoms with E-state index in [0.717, 1.165) is 25.7 Å². The van der Waals surface area contributed by atoms with Gasteiger partial charge in [0.2, 0.25) is 0 Å². The quantitative estimate of drug-likeness (QED) is 0.491. The molecule has 0 heterocycles. The predicted molar refractivity (Wildman–Crippen MR) is 78.1 cm³/mol. The summed E-state index contributed by atoms with van der Waals surface area (Å²) in [6.45, 7) is 3.54. The van der Waals surface area contributed by atoms with Crippen molar-refractivity contribution in [2.24, 2.45) is 5.41 Å². The lowest BCUT2D eigenvalue weighted by molar-refractivity contribution is 0.127. The van der Waals surface area contributed by atoms with Gasteiger partial charge in [-0.15, -0.1) is 0 Å². The molecule has 19 heavy (non-hydrogen) atoms. The number of aliphatic hydroxyl groups is 1. The first-order valence-corrected chi connectivity index (χ1v) is 7.46. The van der Waals surface area contributed by atoms with Gasteiger partial charge >= 0.3 is 6.03 Å². The third kappa shape index (κ3) is 6.10. The SMILES string of the molecule is C/C=C/CCNC(=O)NCC1(CCO)CCCCC1. The van der Waals surface area contributed by atoms with Crippen molar-refractivity contribution in [3.8, 4) is 0 Å². The van der Waals surface area contributed by atoms with Crippen LogP contribution in [0.3, 0.4) is 0 Å². The lowest BCUT2D eigenvalue weighted by Crippen LogP contribution is -2.44. The molecule has 1 aliphatic rings. The molecule has 4 nitrogen and oxygen atoms in total. The summed E-state index contributed by atoms with van der Waals surface area (Å²) in [5.41, 5.74) is 0.119. The number of hydrogen-bond donors (Lipinski definition) is 3. The number of allylic oxidation sites excluding steroid dienone is 1. The molecule has 1 saturated carbocycles. The molecule has 4 heteroatoms. The van der Waals surface area contributed by atoms with Gasteiger partial charge in [-0.05, 0) is 38.0 Å². The Morgan fingerprint density at radius 3 is 2.63 bits per heavy atom. The summed E-state index contributed by atoms with van der Waals surface area (Å²) in [5, 5.41) is 15.0. The van der Waals surface area contributed by atoms with Gasteiger partial charge in [-0.25, -0.2) is 4.79 Å². The molecule has 0 atom stereocenters. The third-order valence-corrected chi connectivity index (χ3v) is 4.01. The Kier molecular flexibility index (Phi) is 7.56. The topological polar surface area (TPSA) is 61.4 Å². The van der Waals surface area contributed by atoms with E-state index < -0.39 is 0 Å². The molecule has 0 aromatic rings. The number of hydrogen-bond acceptors (Lipinski definition) is 2. The molecule has 1 aliphatic carbocycles. The molecule has 0 unspecified atom stereocenters. The van der Waals surface area contributed by atoms with E-state index in [1.807, 2.05) is 19.1 Å². The van der Waals surface area contributed by atoms with Crippen LogP contribution < -0.4 is 10.6 Å². The van der Waals surface area contributed by atoms with Crippen molar-refractivity contribution in [2.75, 3.05) is 19.7 Å². The molecule has 0 aromatic carbocycles. The number of aliphatic hydroxyl groups excluding tert-OH is 1. The van der Waals surface area contributed by atoms with E-state index in [9.17, 15) is 9.90 Å². The average Bonchev–Trinajstić information content (AvgIpc) is 2.43. The van der Waals surface area contributed by atoms with E-state index in [1.54, 1.807) is 0 Å². The van der Waals surface area contributed by atoms with Crippen LogP contribution in [0.15, 0.2) is 12.2 Å². The summed E-state index contributed by atoms with van der Waals surface area (Å²) >= 11 is 0. The molecule has 0 aliphatic heterocycles. The Balaban J connectivity index is 2.28. The van der Waals surface area contributed by atoms with Gasteiger partial charge in [0.1, 0.15) is 0 Å². The van der Waals surface area contributed by atoms with Gasteiger partial charge in [0.25, 0.3) is 0 Å². The van der Waals surface area contributed by atoms with E-state index in [-0.39, 0.29) is 18.1 Å². The number of carbonyl (C=O) groups excluding carboxylic acids is 1. The molecule has 3 N–H and O–H groups in total. The minimum absolute atomic E-state index is 0.0904. The molecule has 110 valence electrons. The minimum Gasteiger partial charge on any atom is -0.396 e. The molecular formula is C15H28N2O2. The van der Waals surface area contributed by atoms with Crippen LogP contribution in [0.25, 0.3) is 0 Å². The van der Waals surface area contributed by atoms with Crippen molar-refractivity contribution < 1.29 is 9.90 Å². The van der Waals surface area contributed by atoms with Gasteiger partial charge < -0.3 is 15.7 Å². The van der Waals surface area contributed by atoms with Gasteiger partial charge in [0, 0.05) is 19.7 Å². The van der Waals surface area contributed by atoms with Crippen LogP contribution in [0.2, 0.25) is 0 Å². The summed E-state index contributed by atoms with van der Waals surface area (Å²) in [5.74, 6) is 0. The fourth-order valence-corrected chi connectivity index (χ4v) is 2.82. The lowest BCUT2D eigenvalue weighted by Gasteiger charge is -2.37. The molecule has 1 fully saturated rings. The Morgan fingerprint density at radius 2 is 2.00 bits per heavy atom. The molecule has 2 amide bonds. The summed E-state index contributed by atoms with van der Waals surface area (Å²) in [6, 6.07) is -0.0904. The summed E-state index contributed by atoms with van der Waals surface area (Å²) in [4.78, 5) is 11.7. The second-order valence-corrected chi connectivity index (χ2v) is 5.50. The zero-order valence-electron chi connectivity index (χ0n) is 12.1. The maximum Gasteiger partial charge on any atom is 0.314 e. The summed E-state index contributed by atoms with van der Waals surface area (Å²) in [7, 11) is 0. The number of rotatable bonds is 7. The van der Waals surface area contributed by atoms with Crippen molar-refractivity contribution in [1.29, 1.82) is 0 Å². The van der Waals surface area contributed by atoms with E-state index in [1.165, 1.54) is 19.3 Å². The summed E-state index contributed by atoms with van der Waals surface area (Å²) < 4.78 is 0. The highest BCUT2D eigenvalue weighted by Gasteiger charge is 2.31. The van der Waals surface area contributed by atoms with Gasteiger partial charge in [-0.1, -0.05) is 31.4 Å². The van der Waals surface area contributed by atoms with E-state index in [0.29, 0.717) is 13.1 Å².